The molecule has 0 unspecified atom stereocenters. The van der Waals surface area contributed by atoms with Crippen molar-refractivity contribution in [3.63, 3.8) is 0 Å². The molecule has 0 fully saturated rings. The average Bonchev–Trinajstić information content (AvgIpc) is 2.76. The lowest BCUT2D eigenvalue weighted by atomic mass is 10.1. The van der Waals surface area contributed by atoms with Crippen LogP contribution >= 0.6 is 11.6 Å². The molecule has 2 aromatic rings. The van der Waals surface area contributed by atoms with E-state index in [2.05, 4.69) is 11.9 Å². The molecular weight excluding hydrogens is 408 g/mol. The van der Waals surface area contributed by atoms with Crippen LogP contribution in [0.1, 0.15) is 5.56 Å². The molecule has 2 rings (SSSR count). The van der Waals surface area contributed by atoms with Crippen LogP contribution in [0.5, 0.6) is 17.2 Å². The van der Waals surface area contributed by atoms with E-state index in [0.717, 1.165) is 0 Å². The summed E-state index contributed by atoms with van der Waals surface area (Å²) in [5, 5.41) is 12.3. The highest BCUT2D eigenvalue weighted by Crippen LogP contribution is 2.29. The van der Waals surface area contributed by atoms with Gasteiger partial charge in [0.2, 0.25) is 0 Å². The maximum atomic E-state index is 12.1. The van der Waals surface area contributed by atoms with E-state index < -0.39 is 11.9 Å². The number of halogens is 1. The van der Waals surface area contributed by atoms with Gasteiger partial charge >= 0.3 is 5.97 Å². The number of hydrogen-bond acceptors (Lipinski definition) is 6. The summed E-state index contributed by atoms with van der Waals surface area (Å²) < 4.78 is 15.9. The summed E-state index contributed by atoms with van der Waals surface area (Å²) >= 11 is 5.80. The zero-order chi connectivity index (χ0) is 21.9. The zero-order valence-corrected chi connectivity index (χ0v) is 16.9. The van der Waals surface area contributed by atoms with Crippen molar-refractivity contribution in [2.75, 3.05) is 20.3 Å². The highest BCUT2D eigenvalue weighted by atomic mass is 35.5. The van der Waals surface area contributed by atoms with Crippen molar-refractivity contribution >= 4 is 29.6 Å². The zero-order valence-electron chi connectivity index (χ0n) is 16.2. The third-order valence-corrected chi connectivity index (χ3v) is 3.92. The van der Waals surface area contributed by atoms with Crippen LogP contribution in [0, 0.1) is 11.3 Å². The lowest BCUT2D eigenvalue weighted by Gasteiger charge is -2.11. The molecular formula is C22H19ClN2O5. The summed E-state index contributed by atoms with van der Waals surface area (Å²) in [6.07, 6.45) is 2.91. The monoisotopic (exact) mass is 426 g/mol. The Morgan fingerprint density at radius 1 is 1.20 bits per heavy atom. The van der Waals surface area contributed by atoms with Crippen molar-refractivity contribution in [2.24, 2.45) is 0 Å². The van der Waals surface area contributed by atoms with E-state index in [4.69, 9.17) is 25.8 Å². The average molecular weight is 427 g/mol. The minimum Gasteiger partial charge on any atom is -0.493 e. The molecule has 1 amide bonds. The fourth-order valence-electron chi connectivity index (χ4n) is 2.26. The van der Waals surface area contributed by atoms with E-state index in [-0.39, 0.29) is 30.2 Å². The minimum atomic E-state index is -0.631. The molecule has 1 N–H and O–H groups in total. The number of hydrogen-bond donors (Lipinski definition) is 1. The molecule has 0 aliphatic rings. The Kier molecular flexibility index (Phi) is 8.48. The molecule has 0 aliphatic carbocycles. The summed E-state index contributed by atoms with van der Waals surface area (Å²) in [6.45, 7) is 3.44. The van der Waals surface area contributed by atoms with Crippen molar-refractivity contribution in [3.05, 3.63) is 71.3 Å². The van der Waals surface area contributed by atoms with Crippen molar-refractivity contribution in [3.8, 4) is 23.3 Å². The highest BCUT2D eigenvalue weighted by Gasteiger charge is 2.13. The molecule has 8 heteroatoms. The number of nitrogens with one attached hydrogen (secondary N) is 1. The van der Waals surface area contributed by atoms with Gasteiger partial charge in [-0.2, -0.15) is 5.26 Å². The minimum absolute atomic E-state index is 0.0833. The number of nitriles is 1. The molecule has 0 aliphatic heterocycles. The Bertz CT molecular complexity index is 994. The van der Waals surface area contributed by atoms with Crippen LogP contribution in [-0.4, -0.2) is 32.1 Å². The van der Waals surface area contributed by atoms with Gasteiger partial charge in [-0.3, -0.25) is 4.79 Å². The van der Waals surface area contributed by atoms with Crippen molar-refractivity contribution in [1.82, 2.24) is 5.32 Å². The number of carbonyl (C=O) groups excluding carboxylic acids is 2. The molecule has 0 heterocycles. The normalized spacial score (nSPS) is 10.5. The number of nitrogens with zero attached hydrogens (tertiary/aromatic N) is 1. The maximum Gasteiger partial charge on any atom is 0.349 e. The Morgan fingerprint density at radius 3 is 2.57 bits per heavy atom. The molecule has 7 nitrogen and oxygen atoms in total. The molecule has 30 heavy (non-hydrogen) atoms. The second-order valence-electron chi connectivity index (χ2n) is 5.80. The first-order valence-corrected chi connectivity index (χ1v) is 9.12. The summed E-state index contributed by atoms with van der Waals surface area (Å²) in [7, 11) is 1.41. The number of rotatable bonds is 9. The van der Waals surface area contributed by atoms with Gasteiger partial charge in [0, 0.05) is 11.6 Å². The lowest BCUT2D eigenvalue weighted by Crippen LogP contribution is -2.24. The fraction of sp³-hybridized carbons (Fsp3) is 0.136. The fourth-order valence-corrected chi connectivity index (χ4v) is 2.38. The van der Waals surface area contributed by atoms with E-state index in [1.807, 2.05) is 6.07 Å². The van der Waals surface area contributed by atoms with Crippen LogP contribution in [0.4, 0.5) is 0 Å². The van der Waals surface area contributed by atoms with Crippen LogP contribution in [0.15, 0.2) is 60.7 Å². The van der Waals surface area contributed by atoms with Gasteiger partial charge in [0.1, 0.15) is 17.4 Å². The van der Waals surface area contributed by atoms with Gasteiger partial charge in [0.25, 0.3) is 5.91 Å². The first-order chi connectivity index (χ1) is 14.5. The topological polar surface area (TPSA) is 97.7 Å². The van der Waals surface area contributed by atoms with Gasteiger partial charge in [-0.05, 0) is 48.0 Å². The standard InChI is InChI=1S/C22H19ClN2O5/c1-3-10-25-22(27)16(13-24)11-15-4-9-19(20(12-15)28-2)30-21(26)14-29-18-7-5-17(23)6-8-18/h3-9,11-12H,1,10,14H2,2H3,(H,25,27)/b16-11+. The Balaban J connectivity index is 2.07. The van der Waals surface area contributed by atoms with E-state index in [9.17, 15) is 14.9 Å². The van der Waals surface area contributed by atoms with Gasteiger partial charge < -0.3 is 19.5 Å². The maximum absolute atomic E-state index is 12.1. The molecule has 0 spiro atoms. The first kappa shape index (κ1) is 22.5. The largest absolute Gasteiger partial charge is 0.493 e. The summed E-state index contributed by atoms with van der Waals surface area (Å²) in [4.78, 5) is 24.0. The Labute approximate surface area is 179 Å². The predicted octanol–water partition coefficient (Wildman–Crippen LogP) is 3.54. The number of amides is 1. The molecule has 0 aromatic heterocycles. The molecule has 0 saturated carbocycles. The SMILES string of the molecule is C=CCNC(=O)/C(C#N)=C/c1ccc(OC(=O)COc2ccc(Cl)cc2)c(OC)c1. The van der Waals surface area contributed by atoms with Gasteiger partial charge in [-0.1, -0.05) is 23.7 Å². The highest BCUT2D eigenvalue weighted by molar-refractivity contribution is 6.30. The quantitative estimate of drug-likeness (QED) is 0.216. The van der Waals surface area contributed by atoms with Crippen LogP contribution in [0.25, 0.3) is 6.08 Å². The van der Waals surface area contributed by atoms with Crippen molar-refractivity contribution < 1.29 is 23.8 Å². The summed E-state index contributed by atoms with van der Waals surface area (Å²) in [5.74, 6) is -0.247. The number of benzene rings is 2. The van der Waals surface area contributed by atoms with E-state index in [1.165, 1.54) is 25.3 Å². The van der Waals surface area contributed by atoms with Gasteiger partial charge in [-0.15, -0.1) is 6.58 Å². The van der Waals surface area contributed by atoms with Crippen molar-refractivity contribution in [1.29, 1.82) is 5.26 Å². The third kappa shape index (κ3) is 6.69. The van der Waals surface area contributed by atoms with Crippen LogP contribution < -0.4 is 19.5 Å². The molecule has 0 atom stereocenters. The number of methoxy groups -OCH3 is 1. The number of carbonyl (C=O) groups is 2. The smallest absolute Gasteiger partial charge is 0.349 e. The van der Waals surface area contributed by atoms with Crippen LogP contribution in [0.2, 0.25) is 5.02 Å². The van der Waals surface area contributed by atoms with Crippen LogP contribution in [-0.2, 0) is 9.59 Å². The van der Waals surface area contributed by atoms with E-state index in [1.54, 1.807) is 36.4 Å². The molecule has 0 saturated heterocycles. The molecule has 154 valence electrons. The van der Waals surface area contributed by atoms with Gasteiger partial charge in [0.15, 0.2) is 18.1 Å². The molecule has 2 aromatic carbocycles. The second-order valence-corrected chi connectivity index (χ2v) is 6.23. The molecule has 0 bridgehead atoms. The Hall–Kier alpha value is -3.76. The van der Waals surface area contributed by atoms with Gasteiger partial charge in [0.05, 0.1) is 7.11 Å². The van der Waals surface area contributed by atoms with E-state index >= 15 is 0 Å². The summed E-state index contributed by atoms with van der Waals surface area (Å²) in [5.41, 5.74) is 0.439. The Morgan fingerprint density at radius 2 is 1.93 bits per heavy atom. The second kappa shape index (κ2) is 11.3. The van der Waals surface area contributed by atoms with E-state index in [0.29, 0.717) is 16.3 Å². The van der Waals surface area contributed by atoms with Gasteiger partial charge in [-0.25, -0.2) is 4.79 Å². The summed E-state index contributed by atoms with van der Waals surface area (Å²) in [6, 6.07) is 13.0. The first-order valence-electron chi connectivity index (χ1n) is 8.74. The number of ether oxygens (including phenoxy) is 3. The molecule has 0 radical (unpaired) electrons. The van der Waals surface area contributed by atoms with Crippen molar-refractivity contribution in [2.45, 2.75) is 0 Å². The van der Waals surface area contributed by atoms with Crippen LogP contribution in [0.3, 0.4) is 0 Å². The lowest BCUT2D eigenvalue weighted by molar-refractivity contribution is -0.136. The third-order valence-electron chi connectivity index (χ3n) is 3.66. The predicted molar refractivity (Wildman–Crippen MR) is 112 cm³/mol. The number of esters is 1.